The first kappa shape index (κ1) is 19.4. The van der Waals surface area contributed by atoms with Crippen molar-refractivity contribution in [3.63, 3.8) is 0 Å². The second kappa shape index (κ2) is 6.30. The first-order valence-corrected chi connectivity index (χ1v) is 9.98. The quantitative estimate of drug-likeness (QED) is 0.687. The fourth-order valence-electron chi connectivity index (χ4n) is 4.98. The number of hydrogen-bond acceptors (Lipinski definition) is 3. The van der Waals surface area contributed by atoms with Gasteiger partial charge in [-0.25, -0.2) is 0 Å². The van der Waals surface area contributed by atoms with Gasteiger partial charge in [0.1, 0.15) is 11.7 Å². The number of aromatic nitrogens is 2. The lowest BCUT2D eigenvalue weighted by Gasteiger charge is -2.30. The molecule has 0 aliphatic heterocycles. The molecule has 0 spiro atoms. The van der Waals surface area contributed by atoms with Gasteiger partial charge in [0.25, 0.3) is 0 Å². The van der Waals surface area contributed by atoms with Crippen LogP contribution < -0.4 is 0 Å². The molecule has 1 atom stereocenters. The molecule has 2 heterocycles. The Morgan fingerprint density at radius 3 is 2.45 bits per heavy atom. The molecule has 2 aromatic heterocycles. The number of rotatable bonds is 2. The summed E-state index contributed by atoms with van der Waals surface area (Å²) >= 11 is 0. The topological polar surface area (TPSA) is 61.8 Å². The molecule has 4 heteroatoms. The van der Waals surface area contributed by atoms with Crippen molar-refractivity contribution >= 4 is 17.0 Å². The number of benzene rings is 1. The van der Waals surface area contributed by atoms with Crippen LogP contribution in [0.4, 0.5) is 0 Å². The van der Waals surface area contributed by atoms with Gasteiger partial charge in [0.05, 0.1) is 22.5 Å². The number of aryl methyl sites for hydroxylation is 3. The van der Waals surface area contributed by atoms with Crippen molar-refractivity contribution in [2.75, 3.05) is 0 Å². The molecule has 0 radical (unpaired) electrons. The van der Waals surface area contributed by atoms with Gasteiger partial charge in [0.15, 0.2) is 0 Å². The molecule has 0 saturated carbocycles. The van der Waals surface area contributed by atoms with E-state index in [1.165, 1.54) is 11.1 Å². The zero-order chi connectivity index (χ0) is 21.2. The summed E-state index contributed by atoms with van der Waals surface area (Å²) in [5, 5.41) is 22.5. The highest BCUT2D eigenvalue weighted by atomic mass is 16.3. The van der Waals surface area contributed by atoms with E-state index in [2.05, 4.69) is 48.7 Å². The largest absolute Gasteiger partial charge is 0.381 e. The maximum Gasteiger partial charge on any atom is 0.109 e. The molecule has 0 fully saturated rings. The van der Waals surface area contributed by atoms with Crippen LogP contribution in [0.1, 0.15) is 57.3 Å². The van der Waals surface area contributed by atoms with Crippen molar-refractivity contribution in [3.05, 3.63) is 68.2 Å². The van der Waals surface area contributed by atoms with E-state index in [1.54, 1.807) is 0 Å². The van der Waals surface area contributed by atoms with Gasteiger partial charge in [0, 0.05) is 30.6 Å². The third kappa shape index (κ3) is 2.58. The lowest BCUT2D eigenvalue weighted by molar-refractivity contribution is 0.0974. The zero-order valence-corrected chi connectivity index (χ0v) is 18.2. The van der Waals surface area contributed by atoms with Gasteiger partial charge in [-0.15, -0.1) is 0 Å². The second-order valence-corrected chi connectivity index (χ2v) is 8.53. The zero-order valence-electron chi connectivity index (χ0n) is 18.2. The van der Waals surface area contributed by atoms with E-state index in [-0.39, 0.29) is 0 Å². The molecule has 1 aromatic carbocycles. The van der Waals surface area contributed by atoms with Gasteiger partial charge in [0.2, 0.25) is 0 Å². The summed E-state index contributed by atoms with van der Waals surface area (Å²) in [6.45, 7) is 12.1. The summed E-state index contributed by atoms with van der Waals surface area (Å²) in [4.78, 5) is 4.67. The van der Waals surface area contributed by atoms with Crippen molar-refractivity contribution in [1.29, 1.82) is 5.26 Å². The molecule has 0 saturated heterocycles. The summed E-state index contributed by atoms with van der Waals surface area (Å²) in [5.74, 6) is 0. The summed E-state index contributed by atoms with van der Waals surface area (Å²) < 4.78 is 2.13. The van der Waals surface area contributed by atoms with Gasteiger partial charge < -0.3 is 9.67 Å². The first-order valence-electron chi connectivity index (χ1n) is 9.98. The van der Waals surface area contributed by atoms with Crippen molar-refractivity contribution in [2.45, 2.75) is 53.6 Å². The number of nitriles is 1. The maximum atomic E-state index is 11.9. The first-order chi connectivity index (χ1) is 13.6. The maximum absolute atomic E-state index is 11.9. The lowest BCUT2D eigenvalue weighted by Crippen LogP contribution is -2.26. The van der Waals surface area contributed by atoms with Crippen LogP contribution >= 0.6 is 0 Å². The fourth-order valence-corrected chi connectivity index (χ4v) is 4.98. The van der Waals surface area contributed by atoms with E-state index in [0.29, 0.717) is 12.0 Å². The third-order valence-electron chi connectivity index (χ3n) is 6.85. The molecule has 1 N–H and O–H groups in total. The Morgan fingerprint density at radius 2 is 1.79 bits per heavy atom. The Kier molecular flexibility index (Phi) is 4.22. The van der Waals surface area contributed by atoms with Crippen LogP contribution in [0.5, 0.6) is 0 Å². The van der Waals surface area contributed by atoms with E-state index in [1.807, 2.05) is 33.9 Å². The molecule has 0 bridgehead atoms. The molecule has 3 aromatic rings. The fraction of sp³-hybridized carbons (Fsp3) is 0.360. The highest BCUT2D eigenvalue weighted by Gasteiger charge is 2.36. The lowest BCUT2D eigenvalue weighted by atomic mass is 9.80. The van der Waals surface area contributed by atoms with Crippen molar-refractivity contribution < 1.29 is 5.11 Å². The van der Waals surface area contributed by atoms with Crippen LogP contribution in [0.15, 0.2) is 17.8 Å². The molecule has 148 valence electrons. The smallest absolute Gasteiger partial charge is 0.109 e. The average Bonchev–Trinajstić information content (AvgIpc) is 3.25. The van der Waals surface area contributed by atoms with Crippen LogP contribution in [-0.4, -0.2) is 14.7 Å². The number of nitrogens with zero attached hydrogens (tertiary/aromatic N) is 3. The van der Waals surface area contributed by atoms with Crippen molar-refractivity contribution in [2.24, 2.45) is 7.05 Å². The van der Waals surface area contributed by atoms with Crippen LogP contribution in [0.2, 0.25) is 0 Å². The molecule has 0 amide bonds. The van der Waals surface area contributed by atoms with E-state index in [4.69, 9.17) is 0 Å². The summed E-state index contributed by atoms with van der Waals surface area (Å²) in [7, 11) is 2.05. The van der Waals surface area contributed by atoms with Crippen molar-refractivity contribution in [3.8, 4) is 6.07 Å². The van der Waals surface area contributed by atoms with Gasteiger partial charge in [-0.3, -0.25) is 4.98 Å². The van der Waals surface area contributed by atoms with Gasteiger partial charge in [-0.2, -0.15) is 5.26 Å². The molecule has 1 aliphatic rings. The molecule has 4 rings (SSSR count). The van der Waals surface area contributed by atoms with Gasteiger partial charge >= 0.3 is 0 Å². The van der Waals surface area contributed by atoms with E-state index in [9.17, 15) is 10.4 Å². The minimum atomic E-state index is -1.13. The van der Waals surface area contributed by atoms with Crippen molar-refractivity contribution in [1.82, 2.24) is 9.55 Å². The van der Waals surface area contributed by atoms with Gasteiger partial charge in [-0.05, 0) is 81.0 Å². The number of fused-ring (bicyclic) bond motifs is 2. The Hall–Kier alpha value is -2.90. The Labute approximate surface area is 172 Å². The molecule has 4 nitrogen and oxygen atoms in total. The molecular weight excluding hydrogens is 358 g/mol. The Bertz CT molecular complexity index is 1270. The predicted molar refractivity (Wildman–Crippen MR) is 117 cm³/mol. The number of aliphatic hydroxyl groups is 1. The molecular formula is C25H27N3O. The highest BCUT2D eigenvalue weighted by molar-refractivity contribution is 5.90. The SMILES string of the molecule is Cc1nc2c(c(C)c1C#N)C=C(C(C)(O)c1c(C)c(C)c(C)c3c1ccn3C)C2. The number of pyridine rings is 1. The standard InChI is InChI=1S/C25H27N3O/c1-13-14(2)23(19-8-9-28(7)24(19)15(13)3)25(6,29)18-10-20-16(4)21(12-26)17(5)27-22(20)11-18/h8-10,29H,11H2,1-7H3. The average molecular weight is 386 g/mol. The molecule has 29 heavy (non-hydrogen) atoms. The summed E-state index contributed by atoms with van der Waals surface area (Å²) in [6.07, 6.45) is 4.69. The van der Waals surface area contributed by atoms with E-state index >= 15 is 0 Å². The molecule has 1 unspecified atom stereocenters. The number of hydrogen-bond donors (Lipinski definition) is 1. The highest BCUT2D eigenvalue weighted by Crippen LogP contribution is 2.44. The Morgan fingerprint density at radius 1 is 1.10 bits per heavy atom. The Balaban J connectivity index is 1.95. The van der Waals surface area contributed by atoms with Gasteiger partial charge in [-0.1, -0.05) is 6.08 Å². The summed E-state index contributed by atoms with van der Waals surface area (Å²) in [6, 6.07) is 4.37. The van der Waals surface area contributed by atoms with E-state index in [0.717, 1.165) is 50.1 Å². The third-order valence-corrected chi connectivity index (χ3v) is 6.85. The minimum Gasteiger partial charge on any atom is -0.381 e. The van der Waals surface area contributed by atoms with Crippen LogP contribution in [-0.2, 0) is 19.1 Å². The second-order valence-electron chi connectivity index (χ2n) is 8.53. The predicted octanol–water partition coefficient (Wildman–Crippen LogP) is 4.83. The minimum absolute atomic E-state index is 0.594. The molecule has 1 aliphatic carbocycles. The van der Waals surface area contributed by atoms with E-state index < -0.39 is 5.60 Å². The summed E-state index contributed by atoms with van der Waals surface area (Å²) in [5.41, 5.74) is 9.77. The normalized spacial score (nSPS) is 15.2. The van der Waals surface area contributed by atoms with Crippen LogP contribution in [0, 0.1) is 45.9 Å². The monoisotopic (exact) mass is 385 g/mol. The van der Waals surface area contributed by atoms with Crippen LogP contribution in [0.3, 0.4) is 0 Å². The van der Waals surface area contributed by atoms with Crippen LogP contribution in [0.25, 0.3) is 17.0 Å².